The molecule has 7 heteroatoms. The van der Waals surface area contributed by atoms with E-state index in [1.165, 1.54) is 24.2 Å². The molecule has 4 rings (SSSR count). The van der Waals surface area contributed by atoms with Crippen LogP contribution in [0.5, 0.6) is 5.75 Å². The second kappa shape index (κ2) is 11.8. The topological polar surface area (TPSA) is 61.9 Å². The third kappa shape index (κ3) is 6.39. The van der Waals surface area contributed by atoms with Crippen molar-refractivity contribution in [2.45, 2.75) is 52.0 Å². The Morgan fingerprint density at radius 2 is 1.85 bits per heavy atom. The predicted octanol–water partition coefficient (Wildman–Crippen LogP) is 4.66. The number of ether oxygens (including phenoxy) is 1. The van der Waals surface area contributed by atoms with Gasteiger partial charge in [-0.25, -0.2) is 0 Å². The second-order valence-electron chi connectivity index (χ2n) is 9.71. The first kappa shape index (κ1) is 24.7. The fourth-order valence-electron chi connectivity index (χ4n) is 4.81. The molecule has 3 heterocycles. The van der Waals surface area contributed by atoms with Crippen molar-refractivity contribution in [1.29, 1.82) is 0 Å². The molecule has 2 amide bonds. The largest absolute Gasteiger partial charge is 0.482 e. The molecule has 1 aromatic heterocycles. The summed E-state index contributed by atoms with van der Waals surface area (Å²) in [7, 11) is 0. The maximum Gasteiger partial charge on any atom is 0.265 e. The van der Waals surface area contributed by atoms with Crippen molar-refractivity contribution in [2.75, 3.05) is 39.3 Å². The van der Waals surface area contributed by atoms with E-state index in [4.69, 9.17) is 4.74 Å². The zero-order valence-electron chi connectivity index (χ0n) is 20.4. The van der Waals surface area contributed by atoms with Gasteiger partial charge < -0.3 is 19.9 Å². The molecule has 2 aliphatic rings. The number of nitrogens with one attached hydrogen (secondary N) is 1. The summed E-state index contributed by atoms with van der Waals surface area (Å²) in [6.45, 7) is 8.83. The minimum atomic E-state index is -0.116. The van der Waals surface area contributed by atoms with E-state index in [-0.39, 0.29) is 18.4 Å². The minimum Gasteiger partial charge on any atom is -0.482 e. The number of carbonyl (C=O) groups excluding carboxylic acids is 2. The lowest BCUT2D eigenvalue weighted by Gasteiger charge is -2.35. The molecule has 184 valence electrons. The highest BCUT2D eigenvalue weighted by molar-refractivity contribution is 7.17. The molecule has 6 nitrogen and oxygen atoms in total. The third-order valence-corrected chi connectivity index (χ3v) is 8.02. The predicted molar refractivity (Wildman–Crippen MR) is 137 cm³/mol. The highest BCUT2D eigenvalue weighted by Gasteiger charge is 2.25. The molecule has 2 fully saturated rings. The number of amides is 2. The Bertz CT molecular complexity index is 953. The highest BCUT2D eigenvalue weighted by atomic mass is 32.1. The van der Waals surface area contributed by atoms with Gasteiger partial charge in [-0.1, -0.05) is 30.3 Å². The molecule has 1 N–H and O–H groups in total. The van der Waals surface area contributed by atoms with E-state index in [2.05, 4.69) is 24.1 Å². The van der Waals surface area contributed by atoms with Gasteiger partial charge in [-0.15, -0.1) is 11.3 Å². The molecule has 2 aliphatic heterocycles. The fourth-order valence-corrected chi connectivity index (χ4v) is 5.83. The van der Waals surface area contributed by atoms with E-state index in [9.17, 15) is 9.59 Å². The Labute approximate surface area is 207 Å². The van der Waals surface area contributed by atoms with E-state index in [0.717, 1.165) is 55.9 Å². The monoisotopic (exact) mass is 483 g/mol. The molecule has 0 saturated carbocycles. The lowest BCUT2D eigenvalue weighted by molar-refractivity contribution is -0.134. The Balaban J connectivity index is 1.44. The number of piperidine rings is 2. The van der Waals surface area contributed by atoms with Crippen LogP contribution >= 0.6 is 11.3 Å². The second-order valence-corrected chi connectivity index (χ2v) is 10.8. The maximum atomic E-state index is 13.2. The van der Waals surface area contributed by atoms with Crippen LogP contribution in [0, 0.1) is 5.92 Å². The number of hydrogen-bond donors (Lipinski definition) is 1. The summed E-state index contributed by atoms with van der Waals surface area (Å²) >= 11 is 1.43. The van der Waals surface area contributed by atoms with Crippen LogP contribution in [-0.4, -0.2) is 67.0 Å². The molecular weight excluding hydrogens is 446 g/mol. The first-order chi connectivity index (χ1) is 16.5. The lowest BCUT2D eigenvalue weighted by atomic mass is 9.97. The SMILES string of the molecule is CC(C)N1CCCC(CNC(=O)c2sc(-c3ccccc3)cc2OCC(=O)N2CCCCC2)C1. The van der Waals surface area contributed by atoms with Crippen molar-refractivity contribution in [3.8, 4) is 16.2 Å². The van der Waals surface area contributed by atoms with Gasteiger partial charge in [0.25, 0.3) is 11.8 Å². The van der Waals surface area contributed by atoms with E-state index < -0.39 is 0 Å². The van der Waals surface area contributed by atoms with Gasteiger partial charge in [-0.05, 0) is 70.0 Å². The highest BCUT2D eigenvalue weighted by Crippen LogP contribution is 2.36. The average Bonchev–Trinajstić information content (AvgIpc) is 3.31. The van der Waals surface area contributed by atoms with Crippen molar-refractivity contribution in [3.05, 3.63) is 41.3 Å². The first-order valence-electron chi connectivity index (χ1n) is 12.6. The van der Waals surface area contributed by atoms with E-state index in [1.54, 1.807) is 0 Å². The first-order valence-corrected chi connectivity index (χ1v) is 13.4. The van der Waals surface area contributed by atoms with Gasteiger partial charge in [0.1, 0.15) is 10.6 Å². The van der Waals surface area contributed by atoms with Crippen LogP contribution in [-0.2, 0) is 4.79 Å². The smallest absolute Gasteiger partial charge is 0.265 e. The van der Waals surface area contributed by atoms with Crippen LogP contribution in [0.4, 0.5) is 0 Å². The van der Waals surface area contributed by atoms with E-state index in [1.807, 2.05) is 41.3 Å². The Morgan fingerprint density at radius 3 is 2.59 bits per heavy atom. The zero-order chi connectivity index (χ0) is 23.9. The molecule has 2 aromatic rings. The van der Waals surface area contributed by atoms with Gasteiger partial charge in [0, 0.05) is 37.1 Å². The standard InChI is InChI=1S/C27H37N3O3S/c1-20(2)30-15-9-10-21(18-30)17-28-27(32)26-23(16-24(34-26)22-11-5-3-6-12-22)33-19-25(31)29-13-7-4-8-14-29/h3,5-6,11-12,16,20-21H,4,7-10,13-15,17-19H2,1-2H3,(H,28,32). The normalized spacial score (nSPS) is 19.3. The average molecular weight is 484 g/mol. The molecule has 0 radical (unpaired) electrons. The summed E-state index contributed by atoms with van der Waals surface area (Å²) in [6, 6.07) is 12.4. The molecule has 1 unspecified atom stereocenters. The van der Waals surface area contributed by atoms with Crippen LogP contribution in [0.2, 0.25) is 0 Å². The summed E-state index contributed by atoms with van der Waals surface area (Å²) in [5.41, 5.74) is 1.04. The molecule has 1 atom stereocenters. The number of thiophene rings is 1. The summed E-state index contributed by atoms with van der Waals surface area (Å²) in [4.78, 5) is 31.7. The van der Waals surface area contributed by atoms with Crippen LogP contribution < -0.4 is 10.1 Å². The lowest BCUT2D eigenvalue weighted by Crippen LogP contribution is -2.43. The Morgan fingerprint density at radius 1 is 1.09 bits per heavy atom. The van der Waals surface area contributed by atoms with E-state index in [0.29, 0.717) is 29.1 Å². The number of likely N-dealkylation sites (tertiary alicyclic amines) is 2. The number of carbonyl (C=O) groups is 2. The van der Waals surface area contributed by atoms with Crippen molar-refractivity contribution in [1.82, 2.24) is 15.1 Å². The Kier molecular flexibility index (Phi) is 8.62. The number of hydrogen-bond acceptors (Lipinski definition) is 5. The van der Waals surface area contributed by atoms with Gasteiger partial charge in [-0.2, -0.15) is 0 Å². The van der Waals surface area contributed by atoms with Crippen LogP contribution in [0.15, 0.2) is 36.4 Å². The van der Waals surface area contributed by atoms with Crippen molar-refractivity contribution < 1.29 is 14.3 Å². The van der Waals surface area contributed by atoms with Gasteiger partial charge in [0.15, 0.2) is 6.61 Å². The van der Waals surface area contributed by atoms with E-state index >= 15 is 0 Å². The number of benzene rings is 1. The van der Waals surface area contributed by atoms with Crippen molar-refractivity contribution >= 4 is 23.2 Å². The number of rotatable bonds is 8. The van der Waals surface area contributed by atoms with Gasteiger partial charge >= 0.3 is 0 Å². The summed E-state index contributed by atoms with van der Waals surface area (Å²) in [5, 5.41) is 3.15. The van der Waals surface area contributed by atoms with Crippen molar-refractivity contribution in [3.63, 3.8) is 0 Å². The molecule has 0 aliphatic carbocycles. The maximum absolute atomic E-state index is 13.2. The molecule has 1 aromatic carbocycles. The summed E-state index contributed by atoms with van der Waals surface area (Å²) in [6.07, 6.45) is 5.58. The van der Waals surface area contributed by atoms with Crippen LogP contribution in [0.25, 0.3) is 10.4 Å². The minimum absolute atomic E-state index is 0.00509. The van der Waals surface area contributed by atoms with Crippen molar-refractivity contribution in [2.24, 2.45) is 5.92 Å². The molecule has 0 bridgehead atoms. The third-order valence-electron chi connectivity index (χ3n) is 6.85. The zero-order valence-corrected chi connectivity index (χ0v) is 21.2. The van der Waals surface area contributed by atoms with Gasteiger partial charge in [0.2, 0.25) is 0 Å². The number of nitrogens with zero attached hydrogens (tertiary/aromatic N) is 2. The fraction of sp³-hybridized carbons (Fsp3) is 0.556. The van der Waals surface area contributed by atoms with Crippen LogP contribution in [0.1, 0.15) is 55.6 Å². The molecule has 34 heavy (non-hydrogen) atoms. The Hall–Kier alpha value is -2.38. The summed E-state index contributed by atoms with van der Waals surface area (Å²) in [5.74, 6) is 0.835. The molecular formula is C27H37N3O3S. The molecule has 0 spiro atoms. The summed E-state index contributed by atoms with van der Waals surface area (Å²) < 4.78 is 5.97. The van der Waals surface area contributed by atoms with Gasteiger partial charge in [0.05, 0.1) is 0 Å². The quantitative estimate of drug-likeness (QED) is 0.593. The molecule has 2 saturated heterocycles. The van der Waals surface area contributed by atoms with Crippen LogP contribution in [0.3, 0.4) is 0 Å². The van der Waals surface area contributed by atoms with Gasteiger partial charge in [-0.3, -0.25) is 9.59 Å².